The van der Waals surface area contributed by atoms with Crippen molar-refractivity contribution in [2.75, 3.05) is 23.0 Å². The molecule has 1 fully saturated rings. The number of benzene rings is 2. The van der Waals surface area contributed by atoms with Crippen molar-refractivity contribution in [3.05, 3.63) is 64.2 Å². The fourth-order valence-electron chi connectivity index (χ4n) is 3.75. The fourth-order valence-corrected chi connectivity index (χ4v) is 6.10. The van der Waals surface area contributed by atoms with Crippen molar-refractivity contribution in [1.82, 2.24) is 0 Å². The number of sulfone groups is 1. The van der Waals surface area contributed by atoms with E-state index in [2.05, 4.69) is 18.7 Å². The van der Waals surface area contributed by atoms with Gasteiger partial charge in [-0.05, 0) is 36.5 Å². The largest absolute Gasteiger partial charge is 0.363 e. The lowest BCUT2D eigenvalue weighted by molar-refractivity contribution is -0.384. The van der Waals surface area contributed by atoms with E-state index in [1.165, 1.54) is 5.56 Å². The Labute approximate surface area is 182 Å². The van der Waals surface area contributed by atoms with Crippen LogP contribution in [0, 0.1) is 16.0 Å². The molecule has 0 N–H and O–H groups in total. The number of anilines is 1. The van der Waals surface area contributed by atoms with Crippen molar-refractivity contribution < 1.29 is 13.3 Å². The molecular weight excluding hydrogens is 420 g/mol. The van der Waals surface area contributed by atoms with Gasteiger partial charge in [0, 0.05) is 29.3 Å². The van der Waals surface area contributed by atoms with E-state index in [1.54, 1.807) is 17.8 Å². The minimum Gasteiger partial charge on any atom is -0.363 e. The average molecular weight is 449 g/mol. The SMILES string of the molecule is CC(C)CN(c1ccc(SCc2ccccc2)cc1[N+](=O)[O-])C1CCS(=O)(=O)CC1. The van der Waals surface area contributed by atoms with E-state index in [1.807, 2.05) is 42.5 Å². The summed E-state index contributed by atoms with van der Waals surface area (Å²) >= 11 is 1.57. The molecular formula is C22H28N2O4S2. The molecule has 1 aliphatic heterocycles. The molecule has 162 valence electrons. The van der Waals surface area contributed by atoms with Crippen molar-refractivity contribution >= 4 is 33.0 Å². The summed E-state index contributed by atoms with van der Waals surface area (Å²) in [4.78, 5) is 14.5. The molecule has 0 aliphatic carbocycles. The molecule has 0 amide bonds. The Balaban J connectivity index is 1.86. The first-order chi connectivity index (χ1) is 14.2. The van der Waals surface area contributed by atoms with Crippen molar-refractivity contribution in [2.45, 2.75) is 43.4 Å². The second-order valence-corrected chi connectivity index (χ2v) is 11.5. The van der Waals surface area contributed by atoms with E-state index in [-0.39, 0.29) is 28.2 Å². The normalized spacial score (nSPS) is 16.5. The third-order valence-electron chi connectivity index (χ3n) is 5.23. The summed E-state index contributed by atoms with van der Waals surface area (Å²) in [6.45, 7) is 4.80. The number of rotatable bonds is 8. The highest BCUT2D eigenvalue weighted by Gasteiger charge is 2.31. The molecule has 2 aromatic carbocycles. The predicted molar refractivity (Wildman–Crippen MR) is 123 cm³/mol. The van der Waals surface area contributed by atoms with Gasteiger partial charge in [0.15, 0.2) is 0 Å². The molecule has 0 saturated carbocycles. The van der Waals surface area contributed by atoms with Crippen LogP contribution in [-0.4, -0.2) is 37.4 Å². The molecule has 0 radical (unpaired) electrons. The van der Waals surface area contributed by atoms with Crippen molar-refractivity contribution in [3.8, 4) is 0 Å². The minimum atomic E-state index is -2.99. The maximum atomic E-state index is 11.9. The zero-order valence-corrected chi connectivity index (χ0v) is 19.0. The highest BCUT2D eigenvalue weighted by atomic mass is 32.2. The smallest absolute Gasteiger partial charge is 0.293 e. The maximum absolute atomic E-state index is 11.9. The van der Waals surface area contributed by atoms with Crippen LogP contribution in [0.3, 0.4) is 0 Å². The standard InChI is InChI=1S/C22H28N2O4S2/c1-17(2)15-23(19-10-12-30(27,28)13-11-19)21-9-8-20(14-22(21)24(25)26)29-16-18-6-4-3-5-7-18/h3-9,14,17,19H,10-13,15-16H2,1-2H3. The van der Waals surface area contributed by atoms with Crippen LogP contribution in [0.2, 0.25) is 0 Å². The molecule has 6 nitrogen and oxygen atoms in total. The average Bonchev–Trinajstić information content (AvgIpc) is 2.71. The summed E-state index contributed by atoms with van der Waals surface area (Å²) < 4.78 is 23.7. The predicted octanol–water partition coefficient (Wildman–Crippen LogP) is 4.93. The molecule has 3 rings (SSSR count). The second-order valence-electron chi connectivity index (χ2n) is 8.11. The number of nitro benzene ring substituents is 1. The lowest BCUT2D eigenvalue weighted by Gasteiger charge is -2.36. The van der Waals surface area contributed by atoms with Crippen molar-refractivity contribution in [3.63, 3.8) is 0 Å². The van der Waals surface area contributed by atoms with Crippen LogP contribution in [0.5, 0.6) is 0 Å². The molecule has 1 aliphatic rings. The molecule has 0 unspecified atom stereocenters. The number of hydrogen-bond donors (Lipinski definition) is 0. The van der Waals surface area contributed by atoms with Gasteiger partial charge < -0.3 is 4.90 Å². The van der Waals surface area contributed by atoms with E-state index in [0.717, 1.165) is 10.6 Å². The van der Waals surface area contributed by atoms with Crippen LogP contribution in [0.4, 0.5) is 11.4 Å². The lowest BCUT2D eigenvalue weighted by Crippen LogP contribution is -2.43. The summed E-state index contributed by atoms with van der Waals surface area (Å²) in [7, 11) is -2.99. The van der Waals surface area contributed by atoms with Gasteiger partial charge in [0.25, 0.3) is 5.69 Å². The topological polar surface area (TPSA) is 80.5 Å². The summed E-state index contributed by atoms with van der Waals surface area (Å²) in [5.74, 6) is 1.33. The third-order valence-corrected chi connectivity index (χ3v) is 8.01. The Bertz CT molecular complexity index is 964. The zero-order valence-electron chi connectivity index (χ0n) is 17.4. The van der Waals surface area contributed by atoms with Gasteiger partial charge in [-0.3, -0.25) is 10.1 Å². The first-order valence-electron chi connectivity index (χ1n) is 10.2. The Morgan fingerprint density at radius 3 is 2.40 bits per heavy atom. The molecule has 1 heterocycles. The Kier molecular flexibility index (Phi) is 7.41. The summed E-state index contributed by atoms with van der Waals surface area (Å²) in [5, 5.41) is 11.9. The Hall–Kier alpha value is -2.06. The lowest BCUT2D eigenvalue weighted by atomic mass is 10.0. The summed E-state index contributed by atoms with van der Waals surface area (Å²) in [6, 6.07) is 15.4. The number of thioether (sulfide) groups is 1. The molecule has 1 saturated heterocycles. The highest BCUT2D eigenvalue weighted by Crippen LogP contribution is 2.37. The molecule has 8 heteroatoms. The van der Waals surface area contributed by atoms with Crippen LogP contribution in [0.25, 0.3) is 0 Å². The Morgan fingerprint density at radius 1 is 1.13 bits per heavy atom. The van der Waals surface area contributed by atoms with Crippen molar-refractivity contribution in [2.24, 2.45) is 5.92 Å². The summed E-state index contributed by atoms with van der Waals surface area (Å²) in [6.07, 6.45) is 1.02. The van der Waals surface area contributed by atoms with E-state index in [4.69, 9.17) is 0 Å². The fraction of sp³-hybridized carbons (Fsp3) is 0.455. The highest BCUT2D eigenvalue weighted by molar-refractivity contribution is 7.98. The quantitative estimate of drug-likeness (QED) is 0.324. The first kappa shape index (κ1) is 22.6. The molecule has 2 aromatic rings. The van der Waals surface area contributed by atoms with Crippen LogP contribution in [0.15, 0.2) is 53.4 Å². The van der Waals surface area contributed by atoms with Crippen LogP contribution in [0.1, 0.15) is 32.3 Å². The van der Waals surface area contributed by atoms with Crippen LogP contribution >= 0.6 is 11.8 Å². The summed E-state index contributed by atoms with van der Waals surface area (Å²) in [5.41, 5.74) is 1.84. The van der Waals surface area contributed by atoms with Gasteiger partial charge in [0.1, 0.15) is 15.5 Å². The van der Waals surface area contributed by atoms with Gasteiger partial charge in [-0.2, -0.15) is 0 Å². The van der Waals surface area contributed by atoms with Gasteiger partial charge in [-0.25, -0.2) is 8.42 Å². The monoisotopic (exact) mass is 448 g/mol. The third kappa shape index (κ3) is 5.98. The van der Waals surface area contributed by atoms with Crippen molar-refractivity contribution in [1.29, 1.82) is 0 Å². The van der Waals surface area contributed by atoms with Gasteiger partial charge >= 0.3 is 0 Å². The number of hydrogen-bond acceptors (Lipinski definition) is 6. The van der Waals surface area contributed by atoms with E-state index >= 15 is 0 Å². The number of nitrogens with zero attached hydrogens (tertiary/aromatic N) is 2. The van der Waals surface area contributed by atoms with Gasteiger partial charge in [0.05, 0.1) is 16.4 Å². The van der Waals surface area contributed by atoms with Gasteiger partial charge in [-0.15, -0.1) is 11.8 Å². The van der Waals surface area contributed by atoms with Crippen LogP contribution in [-0.2, 0) is 15.6 Å². The van der Waals surface area contributed by atoms with E-state index < -0.39 is 9.84 Å². The van der Waals surface area contributed by atoms with Gasteiger partial charge in [-0.1, -0.05) is 44.2 Å². The molecule has 0 atom stereocenters. The zero-order chi connectivity index (χ0) is 21.7. The Morgan fingerprint density at radius 2 is 1.80 bits per heavy atom. The molecule has 0 aromatic heterocycles. The second kappa shape index (κ2) is 9.83. The molecule has 30 heavy (non-hydrogen) atoms. The first-order valence-corrected chi connectivity index (χ1v) is 13.0. The maximum Gasteiger partial charge on any atom is 0.293 e. The number of nitro groups is 1. The molecule has 0 spiro atoms. The van der Waals surface area contributed by atoms with Crippen LogP contribution < -0.4 is 4.90 Å². The molecule has 0 bridgehead atoms. The van der Waals surface area contributed by atoms with E-state index in [9.17, 15) is 18.5 Å². The minimum absolute atomic E-state index is 0.00236. The van der Waals surface area contributed by atoms with Gasteiger partial charge in [0.2, 0.25) is 0 Å². The van der Waals surface area contributed by atoms with E-state index in [0.29, 0.717) is 31.0 Å².